The summed E-state index contributed by atoms with van der Waals surface area (Å²) >= 11 is 10.7. The summed E-state index contributed by atoms with van der Waals surface area (Å²) in [6.45, 7) is 11.8. The zero-order valence-corrected chi connectivity index (χ0v) is 24.5. The number of hydrogen-bond acceptors (Lipinski definition) is 5. The quantitative estimate of drug-likeness (QED) is 0.321. The number of piperidine rings is 1. The number of hydrogen-bond donors (Lipinski definition) is 0. The van der Waals surface area contributed by atoms with Gasteiger partial charge in [0.05, 0.1) is 22.8 Å². The summed E-state index contributed by atoms with van der Waals surface area (Å²) < 4.78 is 16.4. The first kappa shape index (κ1) is 26.5. The van der Waals surface area contributed by atoms with E-state index in [-0.39, 0.29) is 18.4 Å². The summed E-state index contributed by atoms with van der Waals surface area (Å²) in [5.74, 6) is 0. The predicted molar refractivity (Wildman–Crippen MR) is 148 cm³/mol. The Kier molecular flexibility index (Phi) is 7.33. The van der Waals surface area contributed by atoms with Crippen molar-refractivity contribution in [2.24, 2.45) is 0 Å². The van der Waals surface area contributed by atoms with E-state index in [1.807, 2.05) is 38.6 Å². The van der Waals surface area contributed by atoms with Crippen molar-refractivity contribution in [3.8, 4) is 11.1 Å². The second-order valence-electron chi connectivity index (χ2n) is 11.1. The molecule has 8 nitrogen and oxygen atoms in total. The standard InChI is InChI=1S/C27H35BrClN5O3/c1-16-14-20-19(15-30-34(20)21-8-6-7-13-36-21)23(24(16)29)22-17(2)33(31-25(22)28)18-9-11-32(12-10-18)26(35)37-27(3,4)5/h14-15,18,21H,6-13H2,1-5H3. The number of likely N-dealkylation sites (tertiary alicyclic amines) is 1. The van der Waals surface area contributed by atoms with Crippen LogP contribution in [0.4, 0.5) is 4.79 Å². The minimum atomic E-state index is -0.498. The van der Waals surface area contributed by atoms with Gasteiger partial charge in [-0.2, -0.15) is 10.2 Å². The van der Waals surface area contributed by atoms with Gasteiger partial charge in [-0.15, -0.1) is 0 Å². The van der Waals surface area contributed by atoms with Crippen LogP contribution < -0.4 is 0 Å². The lowest BCUT2D eigenvalue weighted by molar-refractivity contribution is -0.0366. The second kappa shape index (κ2) is 10.2. The summed E-state index contributed by atoms with van der Waals surface area (Å²) in [5.41, 5.74) is 4.48. The van der Waals surface area contributed by atoms with Gasteiger partial charge in [0.2, 0.25) is 0 Å². The first-order chi connectivity index (χ1) is 17.5. The first-order valence-electron chi connectivity index (χ1n) is 13.1. The molecule has 2 aliphatic rings. The molecule has 5 rings (SSSR count). The fraction of sp³-hybridized carbons (Fsp3) is 0.593. The smallest absolute Gasteiger partial charge is 0.410 e. The highest BCUT2D eigenvalue weighted by Gasteiger charge is 2.31. The third-order valence-corrected chi connectivity index (χ3v) is 8.31. The fourth-order valence-electron chi connectivity index (χ4n) is 5.42. The van der Waals surface area contributed by atoms with Gasteiger partial charge in [0.1, 0.15) is 10.2 Å². The van der Waals surface area contributed by atoms with Gasteiger partial charge < -0.3 is 14.4 Å². The van der Waals surface area contributed by atoms with Crippen LogP contribution in [0.25, 0.3) is 22.0 Å². The van der Waals surface area contributed by atoms with Crippen molar-refractivity contribution in [3.63, 3.8) is 0 Å². The Bertz CT molecular complexity index is 1310. The number of ether oxygens (including phenoxy) is 2. The zero-order valence-electron chi connectivity index (χ0n) is 22.2. The van der Waals surface area contributed by atoms with Gasteiger partial charge in [-0.25, -0.2) is 9.48 Å². The predicted octanol–water partition coefficient (Wildman–Crippen LogP) is 7.20. The minimum Gasteiger partial charge on any atom is -0.444 e. The molecule has 200 valence electrons. The van der Waals surface area contributed by atoms with E-state index in [0.29, 0.717) is 18.1 Å². The highest BCUT2D eigenvalue weighted by molar-refractivity contribution is 9.10. The molecule has 10 heteroatoms. The van der Waals surface area contributed by atoms with Gasteiger partial charge in [0.25, 0.3) is 0 Å². The van der Waals surface area contributed by atoms with E-state index in [9.17, 15) is 4.79 Å². The molecule has 0 N–H and O–H groups in total. The molecule has 1 unspecified atom stereocenters. The van der Waals surface area contributed by atoms with E-state index >= 15 is 0 Å². The van der Waals surface area contributed by atoms with E-state index in [4.69, 9.17) is 31.3 Å². The van der Waals surface area contributed by atoms with E-state index < -0.39 is 5.60 Å². The molecule has 2 aromatic heterocycles. The Morgan fingerprint density at radius 3 is 2.51 bits per heavy atom. The molecule has 1 aromatic carbocycles. The lowest BCUT2D eigenvalue weighted by atomic mass is 9.99. The molecule has 2 aliphatic heterocycles. The van der Waals surface area contributed by atoms with Crippen LogP contribution in [0.15, 0.2) is 16.9 Å². The summed E-state index contributed by atoms with van der Waals surface area (Å²) in [4.78, 5) is 14.3. The number of halogens is 2. The number of rotatable bonds is 3. The summed E-state index contributed by atoms with van der Waals surface area (Å²) in [7, 11) is 0. The maximum absolute atomic E-state index is 12.5. The molecule has 0 spiro atoms. The molecule has 2 fully saturated rings. The molecule has 0 radical (unpaired) electrons. The second-order valence-corrected chi connectivity index (χ2v) is 12.2. The average molecular weight is 593 g/mol. The fourth-order valence-corrected chi connectivity index (χ4v) is 6.33. The Morgan fingerprint density at radius 2 is 1.86 bits per heavy atom. The van der Waals surface area contributed by atoms with Gasteiger partial charge in [0, 0.05) is 41.9 Å². The number of carbonyl (C=O) groups is 1. The van der Waals surface area contributed by atoms with Gasteiger partial charge in [-0.1, -0.05) is 11.6 Å². The molecule has 2 saturated heterocycles. The van der Waals surface area contributed by atoms with E-state index in [0.717, 1.165) is 76.6 Å². The van der Waals surface area contributed by atoms with Gasteiger partial charge in [-0.05, 0) is 94.3 Å². The minimum absolute atomic E-state index is 0.0536. The average Bonchev–Trinajstić information content (AvgIpc) is 3.40. The molecule has 4 heterocycles. The summed E-state index contributed by atoms with van der Waals surface area (Å²) in [5, 5.41) is 11.3. The van der Waals surface area contributed by atoms with E-state index in [1.165, 1.54) is 0 Å². The summed E-state index contributed by atoms with van der Waals surface area (Å²) in [6, 6.07) is 2.29. The maximum atomic E-state index is 12.5. The molecule has 3 aromatic rings. The highest BCUT2D eigenvalue weighted by Crippen LogP contribution is 2.44. The topological polar surface area (TPSA) is 74.4 Å². The number of benzene rings is 1. The number of aromatic nitrogens is 4. The molecular formula is C27H35BrClN5O3. The number of carbonyl (C=O) groups excluding carboxylic acids is 1. The third kappa shape index (κ3) is 5.14. The first-order valence-corrected chi connectivity index (χ1v) is 14.2. The number of amides is 1. The van der Waals surface area contributed by atoms with Crippen molar-refractivity contribution < 1.29 is 14.3 Å². The van der Waals surface area contributed by atoms with Crippen molar-refractivity contribution in [1.82, 2.24) is 24.5 Å². The van der Waals surface area contributed by atoms with Crippen molar-refractivity contribution in [3.05, 3.63) is 33.1 Å². The van der Waals surface area contributed by atoms with Crippen molar-refractivity contribution in [2.45, 2.75) is 84.6 Å². The van der Waals surface area contributed by atoms with Crippen LogP contribution in [-0.4, -0.2) is 55.9 Å². The summed E-state index contributed by atoms with van der Waals surface area (Å²) in [6.07, 6.45) is 6.39. The van der Waals surface area contributed by atoms with Crippen LogP contribution in [0.1, 0.15) is 76.4 Å². The molecule has 37 heavy (non-hydrogen) atoms. The Morgan fingerprint density at radius 1 is 1.14 bits per heavy atom. The zero-order chi connectivity index (χ0) is 26.5. The molecule has 1 atom stereocenters. The van der Waals surface area contributed by atoms with Crippen LogP contribution in [0.2, 0.25) is 5.02 Å². The maximum Gasteiger partial charge on any atom is 0.410 e. The van der Waals surface area contributed by atoms with E-state index in [2.05, 4.69) is 33.6 Å². The largest absolute Gasteiger partial charge is 0.444 e. The molecular weight excluding hydrogens is 558 g/mol. The highest BCUT2D eigenvalue weighted by atomic mass is 79.9. The lowest BCUT2D eigenvalue weighted by Crippen LogP contribution is -2.42. The van der Waals surface area contributed by atoms with Crippen LogP contribution in [0.5, 0.6) is 0 Å². The van der Waals surface area contributed by atoms with Crippen LogP contribution >= 0.6 is 27.5 Å². The van der Waals surface area contributed by atoms with Gasteiger partial charge in [-0.3, -0.25) is 4.68 Å². The number of nitrogens with zero attached hydrogens (tertiary/aromatic N) is 5. The molecule has 0 aliphatic carbocycles. The van der Waals surface area contributed by atoms with Crippen LogP contribution in [0.3, 0.4) is 0 Å². The van der Waals surface area contributed by atoms with Crippen LogP contribution in [0, 0.1) is 13.8 Å². The number of aryl methyl sites for hydroxylation is 1. The van der Waals surface area contributed by atoms with Crippen molar-refractivity contribution in [2.75, 3.05) is 19.7 Å². The lowest BCUT2D eigenvalue weighted by Gasteiger charge is -2.33. The van der Waals surface area contributed by atoms with E-state index in [1.54, 1.807) is 4.90 Å². The van der Waals surface area contributed by atoms with Gasteiger partial charge in [0.15, 0.2) is 6.23 Å². The van der Waals surface area contributed by atoms with Crippen LogP contribution in [-0.2, 0) is 9.47 Å². The van der Waals surface area contributed by atoms with Crippen molar-refractivity contribution >= 4 is 44.5 Å². The van der Waals surface area contributed by atoms with Crippen molar-refractivity contribution in [1.29, 1.82) is 0 Å². The number of fused-ring (bicyclic) bond motifs is 1. The third-order valence-electron chi connectivity index (χ3n) is 7.27. The SMILES string of the molecule is Cc1cc2c(cnn2C2CCCCO2)c(-c2c(Br)nn(C3CCN(C(=O)OC(C)(C)C)CC3)c2C)c1Cl. The Labute approximate surface area is 231 Å². The molecule has 0 bridgehead atoms. The molecule has 1 amide bonds. The molecule has 0 saturated carbocycles. The monoisotopic (exact) mass is 591 g/mol. The van der Waals surface area contributed by atoms with Gasteiger partial charge >= 0.3 is 6.09 Å². The Hall–Kier alpha value is -2.10. The Balaban J connectivity index is 1.46. The normalized spacial score (nSPS) is 19.5.